The van der Waals surface area contributed by atoms with Crippen molar-refractivity contribution in [3.63, 3.8) is 0 Å². The number of aliphatic hydroxyl groups is 1. The summed E-state index contributed by atoms with van der Waals surface area (Å²) in [6, 6.07) is 2.21. The van der Waals surface area contributed by atoms with Crippen LogP contribution in [0.2, 0.25) is 0 Å². The monoisotopic (exact) mass is 165 g/mol. The van der Waals surface area contributed by atoms with Crippen LogP contribution in [-0.4, -0.2) is 11.2 Å². The average Bonchev–Trinajstić information content (AvgIpc) is 2.78. The maximum atomic E-state index is 9.59. The minimum absolute atomic E-state index is 0.0912. The number of aliphatic hydroxyl groups excluding tert-OH is 1. The molecule has 0 aromatic heterocycles. The van der Waals surface area contributed by atoms with Crippen molar-refractivity contribution >= 4 is 0 Å². The number of rotatable bonds is 0. The van der Waals surface area contributed by atoms with Crippen molar-refractivity contribution in [2.45, 2.75) is 38.2 Å². The van der Waals surface area contributed by atoms with Gasteiger partial charge in [0.15, 0.2) is 0 Å². The lowest BCUT2D eigenvalue weighted by Gasteiger charge is -2.18. The third-order valence-corrected chi connectivity index (χ3v) is 3.38. The summed E-state index contributed by atoms with van der Waals surface area (Å²) >= 11 is 0. The number of nitriles is 1. The van der Waals surface area contributed by atoms with Crippen LogP contribution in [0.25, 0.3) is 0 Å². The first kappa shape index (κ1) is 8.07. The standard InChI is InChI=1S/C10H15NO/c11-6-9-2-1-7-5-8(7)3-4-10(9)12/h7-10,12H,1-5H2/t7-,8+,9+,10+/m1/s1. The maximum Gasteiger partial charge on any atom is 0.0722 e. The molecule has 2 nitrogen and oxygen atoms in total. The summed E-state index contributed by atoms with van der Waals surface area (Å²) in [5, 5.41) is 18.4. The smallest absolute Gasteiger partial charge is 0.0722 e. The van der Waals surface area contributed by atoms with Gasteiger partial charge in [-0.3, -0.25) is 0 Å². The second kappa shape index (κ2) is 3.06. The van der Waals surface area contributed by atoms with Gasteiger partial charge in [-0.2, -0.15) is 5.26 Å². The van der Waals surface area contributed by atoms with E-state index in [1.807, 2.05) is 0 Å². The van der Waals surface area contributed by atoms with Crippen LogP contribution in [0.5, 0.6) is 0 Å². The van der Waals surface area contributed by atoms with E-state index in [0.717, 1.165) is 31.1 Å². The number of hydrogen-bond donors (Lipinski definition) is 1. The molecule has 0 saturated heterocycles. The summed E-state index contributed by atoms with van der Waals surface area (Å²) < 4.78 is 0. The molecule has 66 valence electrons. The van der Waals surface area contributed by atoms with E-state index < -0.39 is 0 Å². The molecule has 2 heteroatoms. The van der Waals surface area contributed by atoms with Crippen LogP contribution in [0.15, 0.2) is 0 Å². The van der Waals surface area contributed by atoms with Crippen molar-refractivity contribution in [3.05, 3.63) is 0 Å². The lowest BCUT2D eigenvalue weighted by Crippen LogP contribution is -2.20. The van der Waals surface area contributed by atoms with E-state index in [-0.39, 0.29) is 12.0 Å². The van der Waals surface area contributed by atoms with Gasteiger partial charge in [0.05, 0.1) is 18.1 Å². The highest BCUT2D eigenvalue weighted by molar-refractivity contribution is 4.95. The molecule has 2 rings (SSSR count). The van der Waals surface area contributed by atoms with Crippen LogP contribution in [-0.2, 0) is 0 Å². The van der Waals surface area contributed by atoms with E-state index in [2.05, 4.69) is 6.07 Å². The van der Waals surface area contributed by atoms with Crippen molar-refractivity contribution in [1.82, 2.24) is 0 Å². The van der Waals surface area contributed by atoms with E-state index in [4.69, 9.17) is 5.26 Å². The molecule has 0 heterocycles. The van der Waals surface area contributed by atoms with Crippen LogP contribution in [0.1, 0.15) is 32.1 Å². The van der Waals surface area contributed by atoms with Gasteiger partial charge in [-0.1, -0.05) is 0 Å². The predicted molar refractivity (Wildman–Crippen MR) is 45.2 cm³/mol. The molecule has 0 radical (unpaired) electrons. The van der Waals surface area contributed by atoms with Gasteiger partial charge in [0.2, 0.25) is 0 Å². The zero-order valence-corrected chi connectivity index (χ0v) is 7.24. The summed E-state index contributed by atoms with van der Waals surface area (Å²) in [6.07, 6.45) is 5.07. The molecule has 2 aliphatic rings. The molecule has 0 unspecified atom stereocenters. The predicted octanol–water partition coefficient (Wildman–Crippen LogP) is 1.70. The zero-order chi connectivity index (χ0) is 8.55. The fourth-order valence-corrected chi connectivity index (χ4v) is 2.34. The maximum absolute atomic E-state index is 9.59. The first-order valence-electron chi connectivity index (χ1n) is 4.89. The van der Waals surface area contributed by atoms with Gasteiger partial charge in [-0.05, 0) is 43.9 Å². The molecule has 12 heavy (non-hydrogen) atoms. The Balaban J connectivity index is 1.94. The summed E-state index contributed by atoms with van der Waals surface area (Å²) in [5.74, 6) is 1.69. The zero-order valence-electron chi connectivity index (χ0n) is 7.24. The molecule has 2 saturated carbocycles. The second-order valence-corrected chi connectivity index (χ2v) is 4.21. The van der Waals surface area contributed by atoms with Gasteiger partial charge in [0.25, 0.3) is 0 Å². The Kier molecular flexibility index (Phi) is 2.06. The fourth-order valence-electron chi connectivity index (χ4n) is 2.34. The Labute approximate surface area is 73.2 Å². The van der Waals surface area contributed by atoms with Crippen LogP contribution in [0.4, 0.5) is 0 Å². The Morgan fingerprint density at radius 3 is 2.42 bits per heavy atom. The molecule has 4 atom stereocenters. The first-order valence-corrected chi connectivity index (χ1v) is 4.89. The Hall–Kier alpha value is -0.550. The van der Waals surface area contributed by atoms with Gasteiger partial charge in [-0.25, -0.2) is 0 Å². The molecule has 1 N–H and O–H groups in total. The average molecular weight is 165 g/mol. The molecule has 0 amide bonds. The van der Waals surface area contributed by atoms with Crippen molar-refractivity contribution in [2.24, 2.45) is 17.8 Å². The van der Waals surface area contributed by atoms with Crippen molar-refractivity contribution < 1.29 is 5.11 Å². The fraction of sp³-hybridized carbons (Fsp3) is 0.900. The minimum Gasteiger partial charge on any atom is -0.392 e. The van der Waals surface area contributed by atoms with Crippen LogP contribution in [0, 0.1) is 29.1 Å². The van der Waals surface area contributed by atoms with Crippen LogP contribution in [0.3, 0.4) is 0 Å². The molecule has 0 aliphatic heterocycles. The number of fused-ring (bicyclic) bond motifs is 1. The van der Waals surface area contributed by atoms with E-state index >= 15 is 0 Å². The summed E-state index contributed by atoms with van der Waals surface area (Å²) in [4.78, 5) is 0. The highest BCUT2D eigenvalue weighted by Crippen LogP contribution is 2.47. The highest BCUT2D eigenvalue weighted by Gasteiger charge is 2.39. The molecule has 0 bridgehead atoms. The minimum atomic E-state index is -0.350. The molecular formula is C10H15NO. The van der Waals surface area contributed by atoms with Crippen molar-refractivity contribution in [1.29, 1.82) is 5.26 Å². The Morgan fingerprint density at radius 2 is 1.75 bits per heavy atom. The van der Waals surface area contributed by atoms with Crippen molar-refractivity contribution in [2.75, 3.05) is 0 Å². The van der Waals surface area contributed by atoms with Gasteiger partial charge < -0.3 is 5.11 Å². The molecule has 0 aromatic carbocycles. The lowest BCUT2D eigenvalue weighted by atomic mass is 9.90. The Morgan fingerprint density at radius 1 is 1.08 bits per heavy atom. The molecule has 0 spiro atoms. The number of hydrogen-bond acceptors (Lipinski definition) is 2. The topological polar surface area (TPSA) is 44.0 Å². The van der Waals surface area contributed by atoms with Gasteiger partial charge in [-0.15, -0.1) is 0 Å². The van der Waals surface area contributed by atoms with Crippen LogP contribution < -0.4 is 0 Å². The van der Waals surface area contributed by atoms with E-state index in [1.165, 1.54) is 12.8 Å². The van der Waals surface area contributed by atoms with Crippen LogP contribution >= 0.6 is 0 Å². The summed E-state index contributed by atoms with van der Waals surface area (Å²) in [6.45, 7) is 0. The summed E-state index contributed by atoms with van der Waals surface area (Å²) in [7, 11) is 0. The van der Waals surface area contributed by atoms with E-state index in [9.17, 15) is 5.11 Å². The Bertz CT molecular complexity index is 208. The second-order valence-electron chi connectivity index (χ2n) is 4.21. The molecular weight excluding hydrogens is 150 g/mol. The third kappa shape index (κ3) is 1.47. The quantitative estimate of drug-likeness (QED) is 0.593. The SMILES string of the molecule is N#C[C@@H]1CC[C@@H]2C[C@@H]2CC[C@@H]1O. The molecule has 0 aromatic rings. The normalized spacial score (nSPS) is 46.7. The van der Waals surface area contributed by atoms with Gasteiger partial charge >= 0.3 is 0 Å². The largest absolute Gasteiger partial charge is 0.392 e. The molecule has 2 aliphatic carbocycles. The molecule has 2 fully saturated rings. The number of nitrogens with zero attached hydrogens (tertiary/aromatic N) is 1. The van der Waals surface area contributed by atoms with Crippen molar-refractivity contribution in [3.8, 4) is 6.07 Å². The lowest BCUT2D eigenvalue weighted by molar-refractivity contribution is 0.108. The third-order valence-electron chi connectivity index (χ3n) is 3.38. The van der Waals surface area contributed by atoms with E-state index in [1.54, 1.807) is 0 Å². The van der Waals surface area contributed by atoms with Gasteiger partial charge in [0.1, 0.15) is 0 Å². The first-order chi connectivity index (χ1) is 5.81. The highest BCUT2D eigenvalue weighted by atomic mass is 16.3. The summed E-state index contributed by atoms with van der Waals surface area (Å²) in [5.41, 5.74) is 0. The van der Waals surface area contributed by atoms with E-state index in [0.29, 0.717) is 0 Å². The van der Waals surface area contributed by atoms with Gasteiger partial charge in [0, 0.05) is 0 Å².